The van der Waals surface area contributed by atoms with Gasteiger partial charge in [-0.25, -0.2) is 0 Å². The molecule has 1 aromatic rings. The van der Waals surface area contributed by atoms with E-state index in [-0.39, 0.29) is 0 Å². The van der Waals surface area contributed by atoms with Crippen molar-refractivity contribution in [2.24, 2.45) is 0 Å². The van der Waals surface area contributed by atoms with Crippen LogP contribution in [0.3, 0.4) is 0 Å². The van der Waals surface area contributed by atoms with Crippen molar-refractivity contribution in [1.82, 2.24) is 5.32 Å². The van der Waals surface area contributed by atoms with Crippen molar-refractivity contribution in [3.8, 4) is 5.75 Å². The molecule has 0 atom stereocenters. The second-order valence-corrected chi connectivity index (χ2v) is 2.43. The lowest BCUT2D eigenvalue weighted by molar-refractivity contribution is 0.414. The summed E-state index contributed by atoms with van der Waals surface area (Å²) < 4.78 is 5.03. The Balaban J connectivity index is 2.58. The normalized spacial score (nSPS) is 9.08. The van der Waals surface area contributed by atoms with Crippen molar-refractivity contribution in [2.45, 2.75) is 6.54 Å². The Labute approximate surface area is 72.9 Å². The molecule has 0 saturated carbocycles. The number of benzene rings is 1. The Morgan fingerprint density at radius 3 is 2.58 bits per heavy atom. The van der Waals surface area contributed by atoms with Gasteiger partial charge in [-0.05, 0) is 23.9 Å². The molecule has 2 nitrogen and oxygen atoms in total. The topological polar surface area (TPSA) is 21.3 Å². The molecule has 0 aliphatic rings. The van der Waals surface area contributed by atoms with E-state index in [9.17, 15) is 0 Å². The van der Waals surface area contributed by atoms with Gasteiger partial charge in [0.05, 0.1) is 7.11 Å². The third-order valence-electron chi connectivity index (χ3n) is 1.61. The monoisotopic (exact) mass is 163 g/mol. The predicted molar refractivity (Wildman–Crippen MR) is 50.0 cm³/mol. The molecule has 0 amide bonds. The van der Waals surface area contributed by atoms with E-state index in [0.717, 1.165) is 12.3 Å². The van der Waals surface area contributed by atoms with E-state index in [1.807, 2.05) is 24.3 Å². The standard InChI is InChI=1S/C10H13NO/c1-3-11-8-9-4-6-10(12-2)7-5-9/h3-7,11H,1,8H2,2H3. The lowest BCUT2D eigenvalue weighted by atomic mass is 10.2. The Morgan fingerprint density at radius 1 is 1.42 bits per heavy atom. The summed E-state index contributed by atoms with van der Waals surface area (Å²) in [6.45, 7) is 4.39. The van der Waals surface area contributed by atoms with Crippen molar-refractivity contribution < 1.29 is 4.74 Å². The summed E-state index contributed by atoms with van der Waals surface area (Å²) in [5, 5.41) is 3.03. The zero-order chi connectivity index (χ0) is 8.81. The number of hydrogen-bond donors (Lipinski definition) is 1. The first kappa shape index (κ1) is 8.65. The minimum Gasteiger partial charge on any atom is -0.497 e. The smallest absolute Gasteiger partial charge is 0.118 e. The van der Waals surface area contributed by atoms with Crippen LogP contribution in [-0.4, -0.2) is 7.11 Å². The molecular formula is C10H13NO. The fraction of sp³-hybridized carbons (Fsp3) is 0.200. The molecule has 12 heavy (non-hydrogen) atoms. The highest BCUT2D eigenvalue weighted by molar-refractivity contribution is 5.27. The van der Waals surface area contributed by atoms with Gasteiger partial charge in [-0.1, -0.05) is 18.7 Å². The number of hydrogen-bond acceptors (Lipinski definition) is 2. The molecule has 1 rings (SSSR count). The Kier molecular flexibility index (Phi) is 3.20. The second-order valence-electron chi connectivity index (χ2n) is 2.43. The molecule has 0 spiro atoms. The summed E-state index contributed by atoms with van der Waals surface area (Å²) in [6, 6.07) is 7.94. The molecule has 0 unspecified atom stereocenters. The molecule has 64 valence electrons. The van der Waals surface area contributed by atoms with Gasteiger partial charge in [0.2, 0.25) is 0 Å². The Morgan fingerprint density at radius 2 is 2.08 bits per heavy atom. The van der Waals surface area contributed by atoms with Gasteiger partial charge in [-0.15, -0.1) is 0 Å². The molecule has 0 fully saturated rings. The molecule has 2 heteroatoms. The van der Waals surface area contributed by atoms with E-state index in [2.05, 4.69) is 11.9 Å². The minimum absolute atomic E-state index is 0.813. The summed E-state index contributed by atoms with van der Waals surface area (Å²) in [6.07, 6.45) is 1.68. The first-order valence-corrected chi connectivity index (χ1v) is 3.84. The lowest BCUT2D eigenvalue weighted by Crippen LogP contribution is -2.02. The third kappa shape index (κ3) is 2.31. The SMILES string of the molecule is C=CNCc1ccc(OC)cc1. The molecule has 1 N–H and O–H groups in total. The Bertz CT molecular complexity index is 241. The average molecular weight is 163 g/mol. The number of ether oxygens (including phenoxy) is 1. The minimum atomic E-state index is 0.813. The van der Waals surface area contributed by atoms with Crippen LogP contribution in [0.15, 0.2) is 37.0 Å². The molecule has 0 bridgehead atoms. The van der Waals surface area contributed by atoms with E-state index in [4.69, 9.17) is 4.74 Å². The molecule has 0 saturated heterocycles. The maximum Gasteiger partial charge on any atom is 0.118 e. The highest BCUT2D eigenvalue weighted by atomic mass is 16.5. The van der Waals surface area contributed by atoms with Crippen LogP contribution in [0.5, 0.6) is 5.75 Å². The predicted octanol–water partition coefficient (Wildman–Crippen LogP) is 1.93. The summed E-state index contributed by atoms with van der Waals surface area (Å²) in [4.78, 5) is 0. The molecule has 0 aromatic heterocycles. The van der Waals surface area contributed by atoms with E-state index in [1.54, 1.807) is 13.3 Å². The molecular weight excluding hydrogens is 150 g/mol. The van der Waals surface area contributed by atoms with Crippen molar-refractivity contribution in [3.63, 3.8) is 0 Å². The van der Waals surface area contributed by atoms with E-state index in [0.29, 0.717) is 0 Å². The van der Waals surface area contributed by atoms with Gasteiger partial charge in [0.1, 0.15) is 5.75 Å². The van der Waals surface area contributed by atoms with E-state index >= 15 is 0 Å². The van der Waals surface area contributed by atoms with Crippen LogP contribution in [0.4, 0.5) is 0 Å². The zero-order valence-electron chi connectivity index (χ0n) is 7.21. The number of nitrogens with one attached hydrogen (secondary N) is 1. The highest BCUT2D eigenvalue weighted by Gasteiger charge is 1.91. The van der Waals surface area contributed by atoms with Gasteiger partial charge in [0, 0.05) is 6.54 Å². The van der Waals surface area contributed by atoms with Crippen LogP contribution in [0, 0.1) is 0 Å². The quantitative estimate of drug-likeness (QED) is 0.732. The maximum atomic E-state index is 5.03. The van der Waals surface area contributed by atoms with Crippen LogP contribution in [-0.2, 0) is 6.54 Å². The van der Waals surface area contributed by atoms with Crippen LogP contribution >= 0.6 is 0 Å². The highest BCUT2D eigenvalue weighted by Crippen LogP contribution is 2.10. The molecule has 0 radical (unpaired) electrons. The van der Waals surface area contributed by atoms with Gasteiger partial charge in [0.25, 0.3) is 0 Å². The van der Waals surface area contributed by atoms with Crippen LogP contribution in [0.1, 0.15) is 5.56 Å². The van der Waals surface area contributed by atoms with Crippen LogP contribution in [0.25, 0.3) is 0 Å². The Hall–Kier alpha value is -1.44. The zero-order valence-corrected chi connectivity index (χ0v) is 7.21. The summed E-state index contributed by atoms with van der Waals surface area (Å²) in [5.74, 6) is 0.886. The molecule has 0 aliphatic heterocycles. The van der Waals surface area contributed by atoms with Crippen molar-refractivity contribution >= 4 is 0 Å². The molecule has 0 aliphatic carbocycles. The first-order valence-electron chi connectivity index (χ1n) is 3.84. The van der Waals surface area contributed by atoms with Crippen molar-refractivity contribution in [3.05, 3.63) is 42.6 Å². The second kappa shape index (κ2) is 4.44. The number of methoxy groups -OCH3 is 1. The van der Waals surface area contributed by atoms with Gasteiger partial charge in [0.15, 0.2) is 0 Å². The van der Waals surface area contributed by atoms with Crippen molar-refractivity contribution in [2.75, 3.05) is 7.11 Å². The number of rotatable bonds is 4. The fourth-order valence-electron chi connectivity index (χ4n) is 0.933. The van der Waals surface area contributed by atoms with Gasteiger partial charge >= 0.3 is 0 Å². The van der Waals surface area contributed by atoms with E-state index < -0.39 is 0 Å². The van der Waals surface area contributed by atoms with E-state index in [1.165, 1.54) is 5.56 Å². The largest absolute Gasteiger partial charge is 0.497 e. The van der Waals surface area contributed by atoms with Crippen molar-refractivity contribution in [1.29, 1.82) is 0 Å². The fourth-order valence-corrected chi connectivity index (χ4v) is 0.933. The summed E-state index contributed by atoms with van der Waals surface area (Å²) in [7, 11) is 1.66. The average Bonchev–Trinajstić information content (AvgIpc) is 2.15. The van der Waals surface area contributed by atoms with Crippen LogP contribution < -0.4 is 10.1 Å². The summed E-state index contributed by atoms with van der Waals surface area (Å²) in [5.41, 5.74) is 1.22. The first-order chi connectivity index (χ1) is 5.86. The third-order valence-corrected chi connectivity index (χ3v) is 1.61. The lowest BCUT2D eigenvalue weighted by Gasteiger charge is -2.02. The van der Waals surface area contributed by atoms with Gasteiger partial charge in [-0.3, -0.25) is 0 Å². The maximum absolute atomic E-state index is 5.03. The van der Waals surface area contributed by atoms with Gasteiger partial charge < -0.3 is 10.1 Å². The van der Waals surface area contributed by atoms with Crippen LogP contribution in [0.2, 0.25) is 0 Å². The summed E-state index contributed by atoms with van der Waals surface area (Å²) >= 11 is 0. The molecule has 1 aromatic carbocycles. The van der Waals surface area contributed by atoms with Gasteiger partial charge in [-0.2, -0.15) is 0 Å². The molecule has 0 heterocycles.